The molecule has 0 spiro atoms. The van der Waals surface area contributed by atoms with Crippen LogP contribution in [0.2, 0.25) is 0 Å². The summed E-state index contributed by atoms with van der Waals surface area (Å²) in [5, 5.41) is 0. The second-order valence-corrected chi connectivity index (χ2v) is 8.72. The van der Waals surface area contributed by atoms with Gasteiger partial charge in [0.2, 0.25) is 0 Å². The van der Waals surface area contributed by atoms with E-state index >= 15 is 0 Å². The maximum absolute atomic E-state index is 11.6. The van der Waals surface area contributed by atoms with Gasteiger partial charge in [-0.05, 0) is 18.3 Å². The van der Waals surface area contributed by atoms with Crippen molar-refractivity contribution in [1.82, 2.24) is 0 Å². The summed E-state index contributed by atoms with van der Waals surface area (Å²) in [7, 11) is 0. The van der Waals surface area contributed by atoms with E-state index in [0.717, 1.165) is 18.8 Å². The van der Waals surface area contributed by atoms with E-state index in [1.54, 1.807) is 0 Å². The quantitative estimate of drug-likeness (QED) is 0.218. The average molecular weight is 370 g/mol. The summed E-state index contributed by atoms with van der Waals surface area (Å²) in [5.41, 5.74) is 5.76. The molecule has 0 saturated heterocycles. The number of hydrogen-bond acceptors (Lipinski definition) is 3. The monoisotopic (exact) mass is 369 g/mol. The molecule has 0 amide bonds. The molecular formula is C23H47NO2. The van der Waals surface area contributed by atoms with Gasteiger partial charge in [0.05, 0.1) is 6.61 Å². The molecule has 0 rings (SSSR count). The molecule has 3 nitrogen and oxygen atoms in total. The molecule has 0 aliphatic rings. The van der Waals surface area contributed by atoms with Crippen molar-refractivity contribution < 1.29 is 9.53 Å². The number of nitrogens with two attached hydrogens (primary N) is 1. The number of ether oxygens (including phenoxy) is 1. The van der Waals surface area contributed by atoms with Crippen LogP contribution >= 0.6 is 0 Å². The summed E-state index contributed by atoms with van der Waals surface area (Å²) in [6, 6.07) is -0.477. The Labute approximate surface area is 163 Å². The van der Waals surface area contributed by atoms with Gasteiger partial charge >= 0.3 is 5.97 Å². The summed E-state index contributed by atoms with van der Waals surface area (Å²) in [6.45, 7) is 9.05. The number of esters is 1. The van der Waals surface area contributed by atoms with Gasteiger partial charge in [0.15, 0.2) is 0 Å². The van der Waals surface area contributed by atoms with Crippen LogP contribution in [0.25, 0.3) is 0 Å². The molecule has 0 aliphatic heterocycles. The first-order valence-electron chi connectivity index (χ1n) is 11.4. The molecule has 3 heteroatoms. The molecule has 0 aromatic carbocycles. The van der Waals surface area contributed by atoms with E-state index in [9.17, 15) is 4.79 Å². The van der Waals surface area contributed by atoms with Crippen LogP contribution in [0, 0.1) is 11.8 Å². The summed E-state index contributed by atoms with van der Waals surface area (Å²) in [5.74, 6) is 0.764. The van der Waals surface area contributed by atoms with E-state index in [1.807, 2.05) is 13.8 Å². The molecule has 0 aromatic rings. The largest absolute Gasteiger partial charge is 0.465 e. The van der Waals surface area contributed by atoms with Gasteiger partial charge in [-0.3, -0.25) is 4.79 Å². The third kappa shape index (κ3) is 16.9. The molecule has 0 fully saturated rings. The third-order valence-corrected chi connectivity index (χ3v) is 5.16. The lowest BCUT2D eigenvalue weighted by Gasteiger charge is -2.14. The zero-order valence-electron chi connectivity index (χ0n) is 18.2. The van der Waals surface area contributed by atoms with Gasteiger partial charge in [-0.2, -0.15) is 0 Å². The Kier molecular flexibility index (Phi) is 17.4. The van der Waals surface area contributed by atoms with Crippen molar-refractivity contribution >= 4 is 5.97 Å². The maximum atomic E-state index is 11.6. The Hall–Kier alpha value is -0.570. The normalized spacial score (nSPS) is 12.7. The summed E-state index contributed by atoms with van der Waals surface area (Å²) < 4.78 is 5.22. The zero-order valence-corrected chi connectivity index (χ0v) is 18.2. The number of carbonyl (C=O) groups is 1. The molecule has 0 radical (unpaired) electrons. The minimum Gasteiger partial charge on any atom is -0.465 e. The highest BCUT2D eigenvalue weighted by molar-refractivity contribution is 5.75. The van der Waals surface area contributed by atoms with Gasteiger partial charge in [-0.1, -0.05) is 111 Å². The van der Waals surface area contributed by atoms with Crippen LogP contribution in [0.15, 0.2) is 0 Å². The van der Waals surface area contributed by atoms with E-state index in [-0.39, 0.29) is 11.9 Å². The summed E-state index contributed by atoms with van der Waals surface area (Å²) >= 11 is 0. The first-order chi connectivity index (χ1) is 12.4. The number of hydrogen-bond donors (Lipinski definition) is 1. The summed E-state index contributed by atoms with van der Waals surface area (Å²) in [4.78, 5) is 11.6. The lowest BCUT2D eigenvalue weighted by molar-refractivity contribution is -0.146. The van der Waals surface area contributed by atoms with Crippen molar-refractivity contribution in [3.05, 3.63) is 0 Å². The van der Waals surface area contributed by atoms with E-state index in [4.69, 9.17) is 10.5 Å². The lowest BCUT2D eigenvalue weighted by atomic mass is 10.0. The standard InChI is InChI=1S/C23H47NO2/c1-20(2)18-16-14-12-10-8-6-5-7-9-11-13-15-17-19-26-23(25)22(24)21(3)4/h20-22H,5-19,24H2,1-4H3/t22-/m0/s1. The average Bonchev–Trinajstić information content (AvgIpc) is 2.60. The predicted octanol–water partition coefficient (Wildman–Crippen LogP) is 6.63. The van der Waals surface area contributed by atoms with Crippen molar-refractivity contribution in [3.8, 4) is 0 Å². The topological polar surface area (TPSA) is 52.3 Å². The van der Waals surface area contributed by atoms with Gasteiger partial charge < -0.3 is 10.5 Å². The van der Waals surface area contributed by atoms with E-state index < -0.39 is 6.04 Å². The van der Waals surface area contributed by atoms with Crippen molar-refractivity contribution in [2.24, 2.45) is 17.6 Å². The van der Waals surface area contributed by atoms with Crippen molar-refractivity contribution in [2.45, 2.75) is 124 Å². The van der Waals surface area contributed by atoms with Gasteiger partial charge in [0.25, 0.3) is 0 Å². The lowest BCUT2D eigenvalue weighted by Crippen LogP contribution is -2.37. The van der Waals surface area contributed by atoms with Crippen LogP contribution in [0.5, 0.6) is 0 Å². The van der Waals surface area contributed by atoms with Gasteiger partial charge in [-0.15, -0.1) is 0 Å². The predicted molar refractivity (Wildman–Crippen MR) is 113 cm³/mol. The first kappa shape index (κ1) is 25.4. The van der Waals surface area contributed by atoms with Crippen molar-refractivity contribution in [3.63, 3.8) is 0 Å². The van der Waals surface area contributed by atoms with E-state index in [0.29, 0.717) is 6.61 Å². The molecule has 0 saturated carbocycles. The van der Waals surface area contributed by atoms with Crippen molar-refractivity contribution in [2.75, 3.05) is 6.61 Å². The van der Waals surface area contributed by atoms with Crippen LogP contribution in [0.1, 0.15) is 118 Å². The highest BCUT2D eigenvalue weighted by atomic mass is 16.5. The first-order valence-corrected chi connectivity index (χ1v) is 11.4. The molecule has 26 heavy (non-hydrogen) atoms. The third-order valence-electron chi connectivity index (χ3n) is 5.16. The van der Waals surface area contributed by atoms with Gasteiger partial charge in [0.1, 0.15) is 6.04 Å². The highest BCUT2D eigenvalue weighted by Gasteiger charge is 2.18. The minimum absolute atomic E-state index is 0.146. The van der Waals surface area contributed by atoms with Crippen molar-refractivity contribution in [1.29, 1.82) is 0 Å². The second kappa shape index (κ2) is 17.8. The highest BCUT2D eigenvalue weighted by Crippen LogP contribution is 2.14. The Bertz CT molecular complexity index is 315. The maximum Gasteiger partial charge on any atom is 0.323 e. The molecule has 0 unspecified atom stereocenters. The molecule has 0 aliphatic carbocycles. The van der Waals surface area contributed by atoms with Crippen LogP contribution in [-0.2, 0) is 9.53 Å². The van der Waals surface area contributed by atoms with Crippen LogP contribution in [0.4, 0.5) is 0 Å². The van der Waals surface area contributed by atoms with Gasteiger partial charge in [-0.25, -0.2) is 0 Å². The Balaban J connectivity index is 3.17. The fraction of sp³-hybridized carbons (Fsp3) is 0.957. The van der Waals surface area contributed by atoms with Crippen LogP contribution in [-0.4, -0.2) is 18.6 Å². The molecule has 0 aromatic heterocycles. The minimum atomic E-state index is -0.477. The van der Waals surface area contributed by atoms with Gasteiger partial charge in [0, 0.05) is 0 Å². The Morgan fingerprint density at radius 1 is 0.692 bits per heavy atom. The number of rotatable bonds is 18. The fourth-order valence-electron chi connectivity index (χ4n) is 3.14. The molecule has 2 N–H and O–H groups in total. The number of unbranched alkanes of at least 4 members (excludes halogenated alkanes) is 12. The second-order valence-electron chi connectivity index (χ2n) is 8.72. The Morgan fingerprint density at radius 2 is 1.08 bits per heavy atom. The molecule has 0 heterocycles. The van der Waals surface area contributed by atoms with Crippen LogP contribution < -0.4 is 5.73 Å². The fourth-order valence-corrected chi connectivity index (χ4v) is 3.14. The molecule has 156 valence electrons. The van der Waals surface area contributed by atoms with Crippen LogP contribution in [0.3, 0.4) is 0 Å². The molecule has 0 bridgehead atoms. The van der Waals surface area contributed by atoms with E-state index in [1.165, 1.54) is 77.0 Å². The molecule has 1 atom stereocenters. The molecular weight excluding hydrogens is 322 g/mol. The summed E-state index contributed by atoms with van der Waals surface area (Å²) in [6.07, 6.45) is 18.8. The smallest absolute Gasteiger partial charge is 0.323 e. The Morgan fingerprint density at radius 3 is 1.46 bits per heavy atom. The zero-order chi connectivity index (χ0) is 19.6. The van der Waals surface area contributed by atoms with E-state index in [2.05, 4.69) is 13.8 Å². The number of carbonyl (C=O) groups excluding carboxylic acids is 1. The SMILES string of the molecule is CC(C)CCCCCCCCCCCCCCCOC(=O)[C@@H](N)C(C)C.